The number of amides is 1. The molecule has 2 aliphatic rings. The topological polar surface area (TPSA) is 125 Å². The minimum atomic E-state index is -3.66. The van der Waals surface area contributed by atoms with E-state index in [2.05, 4.69) is 14.9 Å². The molecule has 0 unspecified atom stereocenters. The summed E-state index contributed by atoms with van der Waals surface area (Å²) in [7, 11) is -1.66. The summed E-state index contributed by atoms with van der Waals surface area (Å²) >= 11 is 0. The second-order valence-electron chi connectivity index (χ2n) is 8.13. The largest absolute Gasteiger partial charge is 0.363 e. The highest BCUT2D eigenvalue weighted by Gasteiger charge is 2.28. The van der Waals surface area contributed by atoms with Crippen LogP contribution in [0.2, 0.25) is 0 Å². The minimum absolute atomic E-state index is 0.0300. The highest BCUT2D eigenvalue weighted by molar-refractivity contribution is 7.89. The van der Waals surface area contributed by atoms with Gasteiger partial charge >= 0.3 is 0 Å². The van der Waals surface area contributed by atoms with E-state index >= 15 is 0 Å². The number of hydrogen-bond acceptors (Lipinski definition) is 7. The fourth-order valence-corrected chi connectivity index (χ4v) is 4.91. The molecule has 2 fully saturated rings. The number of carbonyl (C=O) groups is 1. The second kappa shape index (κ2) is 8.85. The summed E-state index contributed by atoms with van der Waals surface area (Å²) in [6, 6.07) is 10.3. The fraction of sp³-hybridized carbons (Fsp3) is 0.381. The van der Waals surface area contributed by atoms with Crippen LogP contribution in [0.5, 0.6) is 0 Å². The van der Waals surface area contributed by atoms with Crippen molar-refractivity contribution in [3.63, 3.8) is 0 Å². The van der Waals surface area contributed by atoms with E-state index in [0.717, 1.165) is 25.9 Å². The van der Waals surface area contributed by atoms with E-state index in [1.165, 1.54) is 24.3 Å². The third-order valence-corrected chi connectivity index (χ3v) is 7.10. The van der Waals surface area contributed by atoms with Gasteiger partial charge in [-0.15, -0.1) is 0 Å². The maximum Gasteiger partial charge on any atom is 0.293 e. The Labute approximate surface area is 186 Å². The van der Waals surface area contributed by atoms with Gasteiger partial charge in [0.15, 0.2) is 0 Å². The maximum absolute atomic E-state index is 12.7. The number of rotatable bonds is 7. The van der Waals surface area contributed by atoms with Gasteiger partial charge in [0.25, 0.3) is 11.6 Å². The molecule has 10 nitrogen and oxygen atoms in total. The number of benzene rings is 2. The first kappa shape index (κ1) is 22.2. The number of nitro groups is 1. The molecule has 4 rings (SSSR count). The monoisotopic (exact) mass is 459 g/mol. The van der Waals surface area contributed by atoms with Crippen molar-refractivity contribution in [3.05, 3.63) is 58.1 Å². The predicted octanol–water partition coefficient (Wildman–Crippen LogP) is 2.04. The van der Waals surface area contributed by atoms with Gasteiger partial charge in [-0.3, -0.25) is 14.9 Å². The predicted molar refractivity (Wildman–Crippen MR) is 121 cm³/mol. The smallest absolute Gasteiger partial charge is 0.293 e. The van der Waals surface area contributed by atoms with Gasteiger partial charge < -0.3 is 15.1 Å². The minimum Gasteiger partial charge on any atom is -0.363 e. The van der Waals surface area contributed by atoms with Crippen LogP contribution in [0, 0.1) is 10.1 Å². The summed E-state index contributed by atoms with van der Waals surface area (Å²) in [4.78, 5) is 28.1. The Morgan fingerprint density at radius 3 is 2.47 bits per heavy atom. The standard InChI is InChI=1S/C21H25N5O5S/c1-24-9-11-25(12-10-24)19-8-5-15(13-20(19)26(28)29)21(27)22-17-3-2-4-18(14-17)32(30,31)23-16-6-7-16/h2-5,8,13-14,16,23H,6-7,9-12H2,1H3,(H,22,27). The van der Waals surface area contributed by atoms with Gasteiger partial charge in [0.1, 0.15) is 5.69 Å². The molecule has 170 valence electrons. The van der Waals surface area contributed by atoms with Crippen LogP contribution in [0.25, 0.3) is 0 Å². The number of hydrogen-bond donors (Lipinski definition) is 2. The summed E-state index contributed by atoms with van der Waals surface area (Å²) in [5, 5.41) is 14.3. The Balaban J connectivity index is 1.53. The third kappa shape index (κ3) is 5.06. The third-order valence-electron chi connectivity index (χ3n) is 5.58. The van der Waals surface area contributed by atoms with Gasteiger partial charge in [0.05, 0.1) is 9.82 Å². The number of piperazine rings is 1. The van der Waals surface area contributed by atoms with Gasteiger partial charge in [-0.25, -0.2) is 13.1 Å². The molecule has 0 spiro atoms. The maximum atomic E-state index is 12.7. The van der Waals surface area contributed by atoms with Crippen molar-refractivity contribution in [3.8, 4) is 0 Å². The Kier molecular flexibility index (Phi) is 6.13. The summed E-state index contributed by atoms with van der Waals surface area (Å²) in [5.41, 5.74) is 0.768. The number of nitrogens with one attached hydrogen (secondary N) is 2. The molecule has 0 aromatic heterocycles. The normalized spacial score (nSPS) is 17.2. The first-order chi connectivity index (χ1) is 15.2. The first-order valence-electron chi connectivity index (χ1n) is 10.4. The Morgan fingerprint density at radius 2 is 1.81 bits per heavy atom. The van der Waals surface area contributed by atoms with Crippen molar-refractivity contribution >= 4 is 33.0 Å². The molecule has 2 N–H and O–H groups in total. The lowest BCUT2D eigenvalue weighted by atomic mass is 10.1. The van der Waals surface area contributed by atoms with E-state index < -0.39 is 20.9 Å². The summed E-state index contributed by atoms with van der Waals surface area (Å²) in [5.74, 6) is -0.553. The molecule has 1 saturated carbocycles. The zero-order valence-electron chi connectivity index (χ0n) is 17.7. The summed E-state index contributed by atoms with van der Waals surface area (Å²) in [6.07, 6.45) is 1.64. The lowest BCUT2D eigenvalue weighted by Gasteiger charge is -2.33. The molecule has 1 saturated heterocycles. The fourth-order valence-electron chi connectivity index (χ4n) is 3.56. The van der Waals surface area contributed by atoms with Crippen molar-refractivity contribution in [2.45, 2.75) is 23.8 Å². The SMILES string of the molecule is CN1CCN(c2ccc(C(=O)Nc3cccc(S(=O)(=O)NC4CC4)c3)cc2[N+](=O)[O-])CC1. The van der Waals surface area contributed by atoms with E-state index in [-0.39, 0.29) is 22.2 Å². The highest BCUT2D eigenvalue weighted by atomic mass is 32.2. The van der Waals surface area contributed by atoms with E-state index in [1.54, 1.807) is 18.2 Å². The number of nitrogens with zero attached hydrogens (tertiary/aromatic N) is 3. The van der Waals surface area contributed by atoms with Crippen LogP contribution in [0.3, 0.4) is 0 Å². The number of nitro benzene ring substituents is 1. The van der Waals surface area contributed by atoms with Crippen LogP contribution in [0.15, 0.2) is 47.4 Å². The zero-order chi connectivity index (χ0) is 22.9. The molecule has 1 aliphatic carbocycles. The molecule has 2 aromatic carbocycles. The lowest BCUT2D eigenvalue weighted by Crippen LogP contribution is -2.44. The quantitative estimate of drug-likeness (QED) is 0.479. The molecular weight excluding hydrogens is 434 g/mol. The molecule has 11 heteroatoms. The Bertz CT molecular complexity index is 1140. The van der Waals surface area contributed by atoms with Gasteiger partial charge in [0, 0.05) is 49.5 Å². The average molecular weight is 460 g/mol. The molecule has 1 aliphatic heterocycles. The molecule has 1 heterocycles. The molecule has 32 heavy (non-hydrogen) atoms. The van der Waals surface area contributed by atoms with Crippen LogP contribution in [0.1, 0.15) is 23.2 Å². The second-order valence-corrected chi connectivity index (χ2v) is 9.84. The number of likely N-dealkylation sites (N-methyl/N-ethyl adjacent to an activating group) is 1. The van der Waals surface area contributed by atoms with Crippen LogP contribution in [-0.2, 0) is 10.0 Å². The van der Waals surface area contributed by atoms with E-state index in [0.29, 0.717) is 24.5 Å². The van der Waals surface area contributed by atoms with E-state index in [4.69, 9.17) is 0 Å². The molecular formula is C21H25N5O5S. The Morgan fingerprint density at radius 1 is 1.09 bits per heavy atom. The van der Waals surface area contributed by atoms with Crippen LogP contribution >= 0.6 is 0 Å². The lowest BCUT2D eigenvalue weighted by molar-refractivity contribution is -0.384. The first-order valence-corrected chi connectivity index (χ1v) is 11.9. The zero-order valence-corrected chi connectivity index (χ0v) is 18.5. The summed E-state index contributed by atoms with van der Waals surface area (Å²) < 4.78 is 27.4. The number of anilines is 2. The van der Waals surface area contributed by atoms with Crippen LogP contribution in [-0.4, -0.2) is 63.4 Å². The van der Waals surface area contributed by atoms with Crippen molar-refractivity contribution in [1.82, 2.24) is 9.62 Å². The van der Waals surface area contributed by atoms with Gasteiger partial charge in [-0.1, -0.05) is 6.07 Å². The van der Waals surface area contributed by atoms with E-state index in [9.17, 15) is 23.3 Å². The Hall–Kier alpha value is -3.02. The van der Waals surface area contributed by atoms with E-state index in [1.807, 2.05) is 11.9 Å². The molecule has 2 aromatic rings. The number of carbonyl (C=O) groups excluding carboxylic acids is 1. The average Bonchev–Trinajstić information content (AvgIpc) is 3.57. The van der Waals surface area contributed by atoms with Crippen molar-refractivity contribution in [1.29, 1.82) is 0 Å². The highest BCUT2D eigenvalue weighted by Crippen LogP contribution is 2.30. The van der Waals surface area contributed by atoms with Crippen LogP contribution < -0.4 is 14.9 Å². The van der Waals surface area contributed by atoms with Gasteiger partial charge in [0.2, 0.25) is 10.0 Å². The molecule has 0 radical (unpaired) electrons. The summed E-state index contributed by atoms with van der Waals surface area (Å²) in [6.45, 7) is 2.93. The molecule has 0 bridgehead atoms. The van der Waals surface area contributed by atoms with Gasteiger partial charge in [-0.2, -0.15) is 0 Å². The van der Waals surface area contributed by atoms with Crippen molar-refractivity contribution in [2.24, 2.45) is 0 Å². The van der Waals surface area contributed by atoms with Crippen LogP contribution in [0.4, 0.5) is 17.1 Å². The van der Waals surface area contributed by atoms with Crippen molar-refractivity contribution in [2.75, 3.05) is 43.4 Å². The number of sulfonamides is 1. The molecule has 0 atom stereocenters. The van der Waals surface area contributed by atoms with Crippen molar-refractivity contribution < 1.29 is 18.1 Å². The molecule has 1 amide bonds. The van der Waals surface area contributed by atoms with Gasteiger partial charge in [-0.05, 0) is 50.2 Å².